The Hall–Kier alpha value is -1.39. The van der Waals surface area contributed by atoms with Gasteiger partial charge in [-0.2, -0.15) is 0 Å². The Kier molecular flexibility index (Phi) is 8.68. The predicted octanol–water partition coefficient (Wildman–Crippen LogP) is 1.25. The van der Waals surface area contributed by atoms with Crippen molar-refractivity contribution in [2.45, 2.75) is 6.92 Å². The van der Waals surface area contributed by atoms with E-state index in [1.807, 2.05) is 6.92 Å². The van der Waals surface area contributed by atoms with Crippen LogP contribution in [0.1, 0.15) is 6.92 Å². The van der Waals surface area contributed by atoms with Gasteiger partial charge in [-0.25, -0.2) is 4.79 Å². The van der Waals surface area contributed by atoms with E-state index in [0.29, 0.717) is 45.2 Å². The number of ether oxygens (including phenoxy) is 4. The zero-order valence-electron chi connectivity index (χ0n) is 11.2. The van der Waals surface area contributed by atoms with Gasteiger partial charge in [0.05, 0.1) is 33.0 Å². The van der Waals surface area contributed by atoms with Gasteiger partial charge in [0.1, 0.15) is 12.2 Å². The van der Waals surface area contributed by atoms with Crippen molar-refractivity contribution in [3.63, 3.8) is 0 Å². The lowest BCUT2D eigenvalue weighted by Crippen LogP contribution is -2.14. The standard InChI is InChI=1S/C14H20O5/c1-2-16-7-8-17-9-10-18-11-12-19-14(15)13-5-3-4-6-13/h3-5H,2,7-12H2,1H3. The minimum absolute atomic E-state index is 0.233. The van der Waals surface area contributed by atoms with E-state index >= 15 is 0 Å². The number of carbonyl (C=O) groups excluding carboxylic acids is 1. The lowest BCUT2D eigenvalue weighted by molar-refractivity contribution is -0.140. The molecule has 0 radical (unpaired) electrons. The van der Waals surface area contributed by atoms with Crippen LogP contribution in [-0.4, -0.2) is 52.2 Å². The zero-order valence-corrected chi connectivity index (χ0v) is 11.2. The maximum Gasteiger partial charge on any atom is 0.346 e. The Balaban J connectivity index is 1.85. The molecule has 1 rings (SSSR count). The molecule has 0 aliphatic heterocycles. The molecule has 0 fully saturated rings. The third-order valence-corrected chi connectivity index (χ3v) is 2.23. The SMILES string of the molecule is CCOCCOCCOCCOC(=O)C1=C=CC=C1. The Morgan fingerprint density at radius 3 is 2.26 bits per heavy atom. The van der Waals surface area contributed by atoms with Gasteiger partial charge in [0.15, 0.2) is 0 Å². The molecular weight excluding hydrogens is 248 g/mol. The van der Waals surface area contributed by atoms with Crippen molar-refractivity contribution in [3.05, 3.63) is 29.5 Å². The van der Waals surface area contributed by atoms with Crippen molar-refractivity contribution >= 4 is 5.97 Å². The van der Waals surface area contributed by atoms with Gasteiger partial charge in [-0.05, 0) is 19.1 Å². The van der Waals surface area contributed by atoms with E-state index in [4.69, 9.17) is 18.9 Å². The van der Waals surface area contributed by atoms with Gasteiger partial charge in [-0.15, -0.1) is 5.73 Å². The van der Waals surface area contributed by atoms with Crippen LogP contribution >= 0.6 is 0 Å². The van der Waals surface area contributed by atoms with E-state index in [2.05, 4.69) is 5.73 Å². The van der Waals surface area contributed by atoms with Crippen molar-refractivity contribution < 1.29 is 23.7 Å². The van der Waals surface area contributed by atoms with E-state index in [1.165, 1.54) is 0 Å². The summed E-state index contributed by atoms with van der Waals surface area (Å²) in [5.41, 5.74) is 3.22. The van der Waals surface area contributed by atoms with Crippen molar-refractivity contribution in [1.29, 1.82) is 0 Å². The maximum atomic E-state index is 11.4. The Morgan fingerprint density at radius 2 is 1.68 bits per heavy atom. The van der Waals surface area contributed by atoms with Gasteiger partial charge in [0, 0.05) is 6.61 Å². The Morgan fingerprint density at radius 1 is 1.05 bits per heavy atom. The third-order valence-electron chi connectivity index (χ3n) is 2.23. The zero-order chi connectivity index (χ0) is 13.8. The summed E-state index contributed by atoms with van der Waals surface area (Å²) in [6.07, 6.45) is 5.08. The first-order valence-corrected chi connectivity index (χ1v) is 6.38. The number of hydrogen-bond donors (Lipinski definition) is 0. The van der Waals surface area contributed by atoms with Gasteiger partial charge < -0.3 is 18.9 Å². The molecule has 0 spiro atoms. The molecule has 0 unspecified atom stereocenters. The second kappa shape index (κ2) is 10.5. The molecule has 0 saturated heterocycles. The van der Waals surface area contributed by atoms with Crippen LogP contribution in [0.2, 0.25) is 0 Å². The summed E-state index contributed by atoms with van der Waals surface area (Å²) in [5, 5.41) is 0. The average molecular weight is 268 g/mol. The summed E-state index contributed by atoms with van der Waals surface area (Å²) in [5.74, 6) is -0.374. The molecule has 5 nitrogen and oxygen atoms in total. The van der Waals surface area contributed by atoms with E-state index in [-0.39, 0.29) is 12.6 Å². The number of esters is 1. The minimum Gasteiger partial charge on any atom is -0.459 e. The van der Waals surface area contributed by atoms with Gasteiger partial charge in [0.2, 0.25) is 0 Å². The summed E-state index contributed by atoms with van der Waals surface area (Å²) in [6, 6.07) is 0. The second-order valence-electron chi connectivity index (χ2n) is 3.64. The number of rotatable bonds is 11. The predicted molar refractivity (Wildman–Crippen MR) is 69.8 cm³/mol. The highest BCUT2D eigenvalue weighted by Crippen LogP contribution is 2.03. The molecule has 0 aromatic carbocycles. The molecule has 1 aliphatic carbocycles. The molecular formula is C14H20O5. The molecule has 19 heavy (non-hydrogen) atoms. The minimum atomic E-state index is -0.374. The first-order chi connectivity index (χ1) is 9.34. The summed E-state index contributed by atoms with van der Waals surface area (Å²) >= 11 is 0. The molecule has 0 atom stereocenters. The molecule has 0 N–H and O–H groups in total. The highest BCUT2D eigenvalue weighted by molar-refractivity contribution is 5.92. The topological polar surface area (TPSA) is 54.0 Å². The molecule has 0 aromatic heterocycles. The number of carbonyl (C=O) groups is 1. The first-order valence-electron chi connectivity index (χ1n) is 6.38. The molecule has 5 heteroatoms. The van der Waals surface area contributed by atoms with Crippen molar-refractivity contribution in [2.75, 3.05) is 46.2 Å². The van der Waals surface area contributed by atoms with E-state index < -0.39 is 0 Å². The number of hydrogen-bond acceptors (Lipinski definition) is 5. The highest BCUT2D eigenvalue weighted by atomic mass is 16.6. The van der Waals surface area contributed by atoms with Gasteiger partial charge >= 0.3 is 5.97 Å². The normalized spacial score (nSPS) is 12.8. The summed E-state index contributed by atoms with van der Waals surface area (Å²) in [4.78, 5) is 11.4. The van der Waals surface area contributed by atoms with Crippen molar-refractivity contribution in [2.24, 2.45) is 0 Å². The lowest BCUT2D eigenvalue weighted by Gasteiger charge is -2.06. The summed E-state index contributed by atoms with van der Waals surface area (Å²) in [6.45, 7) is 5.40. The largest absolute Gasteiger partial charge is 0.459 e. The van der Waals surface area contributed by atoms with E-state index in [0.717, 1.165) is 0 Å². The Labute approximate surface area is 113 Å². The van der Waals surface area contributed by atoms with E-state index in [9.17, 15) is 4.79 Å². The van der Waals surface area contributed by atoms with Gasteiger partial charge in [0.25, 0.3) is 0 Å². The fourth-order valence-electron chi connectivity index (χ4n) is 1.31. The number of allylic oxidation sites excluding steroid dienone is 1. The smallest absolute Gasteiger partial charge is 0.346 e. The first kappa shape index (κ1) is 15.7. The summed E-state index contributed by atoms with van der Waals surface area (Å²) < 4.78 is 20.6. The molecule has 0 amide bonds. The molecule has 0 heterocycles. The monoisotopic (exact) mass is 268 g/mol. The highest BCUT2D eigenvalue weighted by Gasteiger charge is 2.08. The fourth-order valence-corrected chi connectivity index (χ4v) is 1.31. The van der Waals surface area contributed by atoms with Crippen LogP contribution < -0.4 is 0 Å². The molecule has 0 aromatic rings. The van der Waals surface area contributed by atoms with Crippen molar-refractivity contribution in [3.8, 4) is 0 Å². The molecule has 0 saturated carbocycles. The van der Waals surface area contributed by atoms with Crippen LogP contribution in [0, 0.1) is 0 Å². The molecule has 1 aliphatic rings. The van der Waals surface area contributed by atoms with Crippen LogP contribution in [0.4, 0.5) is 0 Å². The quantitative estimate of drug-likeness (QED) is 0.321. The summed E-state index contributed by atoms with van der Waals surface area (Å²) in [7, 11) is 0. The van der Waals surface area contributed by atoms with Crippen LogP contribution in [-0.2, 0) is 23.7 Å². The maximum absolute atomic E-state index is 11.4. The van der Waals surface area contributed by atoms with Crippen LogP contribution in [0.15, 0.2) is 29.5 Å². The van der Waals surface area contributed by atoms with Crippen molar-refractivity contribution in [1.82, 2.24) is 0 Å². The fraction of sp³-hybridized carbons (Fsp3) is 0.571. The van der Waals surface area contributed by atoms with E-state index in [1.54, 1.807) is 18.2 Å². The van der Waals surface area contributed by atoms with Crippen LogP contribution in [0.5, 0.6) is 0 Å². The van der Waals surface area contributed by atoms with Gasteiger partial charge in [-0.3, -0.25) is 0 Å². The lowest BCUT2D eigenvalue weighted by atomic mass is 10.3. The molecule has 106 valence electrons. The average Bonchev–Trinajstić information content (AvgIpc) is 2.95. The van der Waals surface area contributed by atoms with Crippen LogP contribution in [0.3, 0.4) is 0 Å². The van der Waals surface area contributed by atoms with Crippen LogP contribution in [0.25, 0.3) is 0 Å². The third kappa shape index (κ3) is 7.59. The second-order valence-corrected chi connectivity index (χ2v) is 3.64. The molecule has 0 bridgehead atoms. The van der Waals surface area contributed by atoms with Gasteiger partial charge in [-0.1, -0.05) is 6.08 Å². The Bertz CT molecular complexity index is 353.